The summed E-state index contributed by atoms with van der Waals surface area (Å²) in [5.41, 5.74) is 7.17. The Hall–Kier alpha value is -3.47. The molecule has 4 aromatic rings. The average molecular weight is 418 g/mol. The van der Waals surface area contributed by atoms with Crippen LogP contribution in [-0.4, -0.2) is 33.4 Å². The standard InChI is InChI=1S/C26H27NO4/c1-14-8-15(2)24(16(3)9-14)25-23(30-6)13-21-19(26(25)31-7)12-18-20(27-21)10-17(28-4)11-22(18)29-5/h8-13H,1-7H3. The quantitative estimate of drug-likeness (QED) is 0.372. The number of nitrogens with zero attached hydrogens (tertiary/aromatic N) is 1. The lowest BCUT2D eigenvalue weighted by molar-refractivity contribution is 0.397. The molecule has 3 aromatic carbocycles. The summed E-state index contributed by atoms with van der Waals surface area (Å²) in [6, 6.07) is 12.2. The van der Waals surface area contributed by atoms with Crippen LogP contribution < -0.4 is 18.9 Å². The fourth-order valence-electron chi connectivity index (χ4n) is 4.44. The molecule has 0 spiro atoms. The van der Waals surface area contributed by atoms with Gasteiger partial charge in [0.05, 0.1) is 45.0 Å². The van der Waals surface area contributed by atoms with E-state index >= 15 is 0 Å². The second-order valence-corrected chi connectivity index (χ2v) is 7.71. The Morgan fingerprint density at radius 3 is 1.81 bits per heavy atom. The van der Waals surface area contributed by atoms with Gasteiger partial charge < -0.3 is 18.9 Å². The SMILES string of the molecule is COc1cc(OC)c2cc3c(OC)c(-c4c(C)cc(C)cc4C)c(OC)cc3nc2c1. The van der Waals surface area contributed by atoms with Crippen LogP contribution in [0.1, 0.15) is 16.7 Å². The van der Waals surface area contributed by atoms with Crippen molar-refractivity contribution in [2.45, 2.75) is 20.8 Å². The van der Waals surface area contributed by atoms with E-state index in [1.165, 1.54) is 16.7 Å². The molecule has 0 radical (unpaired) electrons. The predicted molar refractivity (Wildman–Crippen MR) is 125 cm³/mol. The van der Waals surface area contributed by atoms with Crippen LogP contribution >= 0.6 is 0 Å². The Labute approximate surface area is 182 Å². The summed E-state index contributed by atoms with van der Waals surface area (Å²) < 4.78 is 22.8. The Kier molecular flexibility index (Phi) is 5.36. The Morgan fingerprint density at radius 1 is 0.581 bits per heavy atom. The number of rotatable bonds is 5. The molecule has 31 heavy (non-hydrogen) atoms. The van der Waals surface area contributed by atoms with E-state index in [0.29, 0.717) is 11.5 Å². The molecular weight excluding hydrogens is 390 g/mol. The number of ether oxygens (including phenoxy) is 4. The number of hydrogen-bond acceptors (Lipinski definition) is 5. The number of methoxy groups -OCH3 is 4. The maximum absolute atomic E-state index is 5.98. The summed E-state index contributed by atoms with van der Waals surface area (Å²) in [5, 5.41) is 1.79. The van der Waals surface area contributed by atoms with Crippen molar-refractivity contribution < 1.29 is 18.9 Å². The molecule has 5 nitrogen and oxygen atoms in total. The van der Waals surface area contributed by atoms with Gasteiger partial charge in [-0.3, -0.25) is 0 Å². The lowest BCUT2D eigenvalue weighted by Gasteiger charge is -2.20. The van der Waals surface area contributed by atoms with Crippen molar-refractivity contribution in [2.24, 2.45) is 0 Å². The van der Waals surface area contributed by atoms with Gasteiger partial charge in [-0.05, 0) is 43.5 Å². The van der Waals surface area contributed by atoms with E-state index in [9.17, 15) is 0 Å². The molecule has 0 fully saturated rings. The molecule has 0 saturated heterocycles. The maximum atomic E-state index is 5.98. The highest BCUT2D eigenvalue weighted by Crippen LogP contribution is 2.47. The number of benzene rings is 3. The molecule has 0 aliphatic rings. The molecule has 0 N–H and O–H groups in total. The second kappa shape index (κ2) is 7.99. The fraction of sp³-hybridized carbons (Fsp3) is 0.269. The van der Waals surface area contributed by atoms with E-state index in [0.717, 1.165) is 44.4 Å². The number of hydrogen-bond donors (Lipinski definition) is 0. The zero-order valence-electron chi connectivity index (χ0n) is 19.0. The summed E-state index contributed by atoms with van der Waals surface area (Å²) in [7, 11) is 6.64. The van der Waals surface area contributed by atoms with Crippen LogP contribution in [0.2, 0.25) is 0 Å². The van der Waals surface area contributed by atoms with Crippen LogP contribution in [0.15, 0.2) is 36.4 Å². The lowest BCUT2D eigenvalue weighted by atomic mass is 9.91. The molecule has 0 aliphatic carbocycles. The van der Waals surface area contributed by atoms with E-state index in [4.69, 9.17) is 23.9 Å². The molecule has 0 bridgehead atoms. The van der Waals surface area contributed by atoms with Crippen molar-refractivity contribution in [3.05, 3.63) is 53.1 Å². The van der Waals surface area contributed by atoms with Crippen LogP contribution in [0.4, 0.5) is 0 Å². The average Bonchev–Trinajstić information content (AvgIpc) is 2.75. The minimum Gasteiger partial charge on any atom is -0.497 e. The van der Waals surface area contributed by atoms with Gasteiger partial charge >= 0.3 is 0 Å². The molecule has 5 heteroatoms. The van der Waals surface area contributed by atoms with E-state index in [1.54, 1.807) is 28.4 Å². The third-order valence-electron chi connectivity index (χ3n) is 5.69. The molecule has 0 amide bonds. The molecule has 0 saturated carbocycles. The van der Waals surface area contributed by atoms with Crippen molar-refractivity contribution in [3.8, 4) is 34.1 Å². The molecule has 1 aromatic heterocycles. The van der Waals surface area contributed by atoms with Crippen molar-refractivity contribution in [1.82, 2.24) is 4.98 Å². The molecule has 4 rings (SSSR count). The van der Waals surface area contributed by atoms with Gasteiger partial charge in [-0.15, -0.1) is 0 Å². The van der Waals surface area contributed by atoms with E-state index in [-0.39, 0.29) is 0 Å². The van der Waals surface area contributed by atoms with Crippen LogP contribution in [-0.2, 0) is 0 Å². The minimum atomic E-state index is 0.692. The van der Waals surface area contributed by atoms with Crippen LogP contribution in [0, 0.1) is 20.8 Å². The van der Waals surface area contributed by atoms with Crippen LogP contribution in [0.3, 0.4) is 0 Å². The van der Waals surface area contributed by atoms with E-state index in [1.807, 2.05) is 18.2 Å². The monoisotopic (exact) mass is 417 g/mol. The lowest BCUT2D eigenvalue weighted by Crippen LogP contribution is -2.00. The Morgan fingerprint density at radius 2 is 1.23 bits per heavy atom. The fourth-order valence-corrected chi connectivity index (χ4v) is 4.44. The first-order chi connectivity index (χ1) is 14.9. The summed E-state index contributed by atoms with van der Waals surface area (Å²) in [5.74, 6) is 2.85. The third kappa shape index (κ3) is 3.40. The normalized spacial score (nSPS) is 11.1. The highest BCUT2D eigenvalue weighted by Gasteiger charge is 2.22. The molecule has 160 valence electrons. The summed E-state index contributed by atoms with van der Waals surface area (Å²) in [4.78, 5) is 4.89. The summed E-state index contributed by atoms with van der Waals surface area (Å²) in [6.45, 7) is 6.34. The number of fused-ring (bicyclic) bond motifs is 2. The first-order valence-electron chi connectivity index (χ1n) is 10.1. The number of pyridine rings is 1. The first-order valence-corrected chi connectivity index (χ1v) is 10.1. The van der Waals surface area contributed by atoms with Crippen molar-refractivity contribution >= 4 is 21.8 Å². The van der Waals surface area contributed by atoms with E-state index < -0.39 is 0 Å². The van der Waals surface area contributed by atoms with E-state index in [2.05, 4.69) is 39.0 Å². The topological polar surface area (TPSA) is 49.8 Å². The Bertz CT molecular complexity index is 1290. The smallest absolute Gasteiger partial charge is 0.139 e. The van der Waals surface area contributed by atoms with Crippen LogP contribution in [0.25, 0.3) is 32.9 Å². The number of aromatic nitrogens is 1. The predicted octanol–water partition coefficient (Wildman–Crippen LogP) is 6.01. The zero-order valence-corrected chi connectivity index (χ0v) is 19.0. The van der Waals surface area contributed by atoms with Crippen molar-refractivity contribution in [2.75, 3.05) is 28.4 Å². The van der Waals surface area contributed by atoms with Gasteiger partial charge in [0.1, 0.15) is 23.0 Å². The van der Waals surface area contributed by atoms with Gasteiger partial charge in [-0.25, -0.2) is 4.98 Å². The highest BCUT2D eigenvalue weighted by molar-refractivity contribution is 6.04. The molecule has 0 aliphatic heterocycles. The van der Waals surface area contributed by atoms with Gasteiger partial charge in [0, 0.05) is 29.0 Å². The molecule has 0 atom stereocenters. The third-order valence-corrected chi connectivity index (χ3v) is 5.69. The molecule has 0 unspecified atom stereocenters. The van der Waals surface area contributed by atoms with Gasteiger partial charge in [-0.2, -0.15) is 0 Å². The van der Waals surface area contributed by atoms with Crippen molar-refractivity contribution in [3.63, 3.8) is 0 Å². The highest BCUT2D eigenvalue weighted by atomic mass is 16.5. The Balaban J connectivity index is 2.15. The summed E-state index contributed by atoms with van der Waals surface area (Å²) in [6.07, 6.45) is 0. The zero-order chi connectivity index (χ0) is 22.3. The van der Waals surface area contributed by atoms with Crippen LogP contribution in [0.5, 0.6) is 23.0 Å². The molecule has 1 heterocycles. The largest absolute Gasteiger partial charge is 0.497 e. The maximum Gasteiger partial charge on any atom is 0.139 e. The number of aryl methyl sites for hydroxylation is 3. The van der Waals surface area contributed by atoms with Crippen molar-refractivity contribution in [1.29, 1.82) is 0 Å². The minimum absolute atomic E-state index is 0.692. The van der Waals surface area contributed by atoms with Gasteiger partial charge in [0.2, 0.25) is 0 Å². The van der Waals surface area contributed by atoms with Gasteiger partial charge in [0.15, 0.2) is 0 Å². The van der Waals surface area contributed by atoms with Gasteiger partial charge in [0.25, 0.3) is 0 Å². The second-order valence-electron chi connectivity index (χ2n) is 7.71. The summed E-state index contributed by atoms with van der Waals surface area (Å²) >= 11 is 0. The van der Waals surface area contributed by atoms with Gasteiger partial charge in [-0.1, -0.05) is 17.7 Å². The molecular formula is C26H27NO4. The first kappa shape index (κ1) is 20.8.